The third-order valence-corrected chi connectivity index (χ3v) is 4.34. The Bertz CT molecular complexity index is 664. The van der Waals surface area contributed by atoms with E-state index in [0.29, 0.717) is 11.3 Å². The minimum Gasteiger partial charge on any atom is -0.412 e. The lowest BCUT2D eigenvalue weighted by Gasteiger charge is -2.10. The third kappa shape index (κ3) is 14.8. The number of rotatable bonds is 2. The molecule has 0 bridgehead atoms. The first kappa shape index (κ1) is 33.9. The van der Waals surface area contributed by atoms with Gasteiger partial charge in [0.25, 0.3) is 0 Å². The number of nitrogens with one attached hydrogen (secondary N) is 1. The normalized spacial score (nSPS) is 12.3. The standard InChI is InChI=1S/C13H10FNS.C6H14N2.3C2H6.H2O.H2/c14-10-7-5-9(6-8-10)13(15)11-3-1-2-4-12(11)16;7-8-5-3-1-2-4-6-8;3*1-2;;/h1-8,15-16H;1-7H2;3*1-2H3;1H2;1H. The molecule has 0 radical (unpaired) electrons. The molecule has 1 heterocycles. The molecule has 31 heavy (non-hydrogen) atoms. The Kier molecular flexibility index (Phi) is 25.1. The van der Waals surface area contributed by atoms with Crippen molar-refractivity contribution in [3.8, 4) is 0 Å². The molecular weight excluding hydrogens is 409 g/mol. The number of nitrogens with zero attached hydrogens (tertiary/aromatic N) is 1. The molecule has 180 valence electrons. The largest absolute Gasteiger partial charge is 0.412 e. The number of hydrogen-bond acceptors (Lipinski definition) is 4. The molecule has 0 atom stereocenters. The van der Waals surface area contributed by atoms with Crippen molar-refractivity contribution in [2.45, 2.75) is 72.1 Å². The van der Waals surface area contributed by atoms with Crippen LogP contribution in [0.1, 0.15) is 79.8 Å². The molecule has 3 rings (SSSR count). The fourth-order valence-electron chi connectivity index (χ4n) is 2.55. The quantitative estimate of drug-likeness (QED) is 0.265. The van der Waals surface area contributed by atoms with Crippen LogP contribution in [0.25, 0.3) is 0 Å². The topological polar surface area (TPSA) is 84.6 Å². The van der Waals surface area contributed by atoms with Gasteiger partial charge in [-0.25, -0.2) is 9.40 Å². The van der Waals surface area contributed by atoms with Gasteiger partial charge in [0.2, 0.25) is 0 Å². The second-order valence-corrected chi connectivity index (χ2v) is 6.33. The molecule has 0 spiro atoms. The van der Waals surface area contributed by atoms with Crippen LogP contribution < -0.4 is 5.84 Å². The van der Waals surface area contributed by atoms with Crippen molar-refractivity contribution >= 4 is 18.3 Å². The Morgan fingerprint density at radius 2 is 1.32 bits per heavy atom. The SMILES string of the molecule is CC.CC.CC.N=C(c1ccc(F)cc1)c1ccccc1S.NN1CCCCCC1.O.[HH]. The van der Waals surface area contributed by atoms with E-state index in [1.807, 2.05) is 70.8 Å². The fourth-order valence-corrected chi connectivity index (χ4v) is 2.82. The molecule has 0 amide bonds. The highest BCUT2D eigenvalue weighted by Crippen LogP contribution is 2.17. The zero-order valence-electron chi connectivity index (χ0n) is 20.2. The Hall–Kier alpha value is -1.73. The summed E-state index contributed by atoms with van der Waals surface area (Å²) >= 11 is 4.29. The number of benzene rings is 2. The van der Waals surface area contributed by atoms with E-state index in [2.05, 4.69) is 12.6 Å². The van der Waals surface area contributed by atoms with Gasteiger partial charge >= 0.3 is 0 Å². The molecule has 0 aliphatic carbocycles. The summed E-state index contributed by atoms with van der Waals surface area (Å²) < 4.78 is 12.7. The van der Waals surface area contributed by atoms with Crippen molar-refractivity contribution in [1.29, 1.82) is 5.41 Å². The van der Waals surface area contributed by atoms with Crippen molar-refractivity contribution in [3.05, 3.63) is 65.5 Å². The van der Waals surface area contributed by atoms with Gasteiger partial charge in [-0.05, 0) is 43.2 Å². The van der Waals surface area contributed by atoms with Crippen LogP contribution in [0, 0.1) is 11.2 Å². The van der Waals surface area contributed by atoms with Crippen LogP contribution in [0.3, 0.4) is 0 Å². The summed E-state index contributed by atoms with van der Waals surface area (Å²) in [5, 5.41) is 9.93. The monoisotopic (exact) mass is 455 g/mol. The average Bonchev–Trinajstić information content (AvgIpc) is 3.06. The molecule has 5 N–H and O–H groups in total. The number of halogens is 1. The van der Waals surface area contributed by atoms with E-state index in [1.165, 1.54) is 37.8 Å². The van der Waals surface area contributed by atoms with E-state index >= 15 is 0 Å². The van der Waals surface area contributed by atoms with Crippen LogP contribution in [0.2, 0.25) is 0 Å². The Morgan fingerprint density at radius 3 is 1.77 bits per heavy atom. The zero-order chi connectivity index (χ0) is 23.4. The van der Waals surface area contributed by atoms with Crippen LogP contribution in [0.5, 0.6) is 0 Å². The molecule has 0 unspecified atom stereocenters. The van der Waals surface area contributed by atoms with E-state index in [4.69, 9.17) is 11.3 Å². The van der Waals surface area contributed by atoms with E-state index in [9.17, 15) is 4.39 Å². The molecule has 6 heteroatoms. The maximum absolute atomic E-state index is 12.7. The summed E-state index contributed by atoms with van der Waals surface area (Å²) in [4.78, 5) is 0.747. The van der Waals surface area contributed by atoms with Crippen LogP contribution in [-0.2, 0) is 0 Å². The smallest absolute Gasteiger partial charge is 0.123 e. The van der Waals surface area contributed by atoms with Crippen molar-refractivity contribution in [2.24, 2.45) is 5.84 Å². The highest BCUT2D eigenvalue weighted by molar-refractivity contribution is 7.80. The molecule has 1 aliphatic heterocycles. The van der Waals surface area contributed by atoms with Gasteiger partial charge in [-0.3, -0.25) is 11.3 Å². The van der Waals surface area contributed by atoms with Gasteiger partial charge in [0, 0.05) is 30.5 Å². The first-order chi connectivity index (χ1) is 14.6. The van der Waals surface area contributed by atoms with Gasteiger partial charge in [-0.1, -0.05) is 72.6 Å². The van der Waals surface area contributed by atoms with E-state index in [1.54, 1.807) is 12.1 Å². The van der Waals surface area contributed by atoms with Gasteiger partial charge < -0.3 is 5.48 Å². The van der Waals surface area contributed by atoms with Crippen LogP contribution in [0.4, 0.5) is 4.39 Å². The molecule has 2 aromatic rings. The number of hydrogen-bond donors (Lipinski definition) is 3. The van der Waals surface area contributed by atoms with Crippen LogP contribution in [-0.4, -0.2) is 29.3 Å². The second-order valence-electron chi connectivity index (χ2n) is 5.85. The molecule has 4 nitrogen and oxygen atoms in total. The summed E-state index contributed by atoms with van der Waals surface area (Å²) in [7, 11) is 0. The predicted octanol–water partition coefficient (Wildman–Crippen LogP) is 6.77. The average molecular weight is 456 g/mol. The van der Waals surface area contributed by atoms with Crippen LogP contribution >= 0.6 is 12.6 Å². The van der Waals surface area contributed by atoms with Gasteiger partial charge in [-0.2, -0.15) is 0 Å². The van der Waals surface area contributed by atoms with Crippen molar-refractivity contribution in [1.82, 2.24) is 5.01 Å². The van der Waals surface area contributed by atoms with Gasteiger partial charge in [0.05, 0.1) is 5.71 Å². The summed E-state index contributed by atoms with van der Waals surface area (Å²) in [5.74, 6) is 5.27. The highest BCUT2D eigenvalue weighted by Gasteiger charge is 2.07. The van der Waals surface area contributed by atoms with Crippen molar-refractivity contribution < 1.29 is 11.3 Å². The first-order valence-corrected chi connectivity index (χ1v) is 11.6. The Morgan fingerprint density at radius 1 is 0.871 bits per heavy atom. The highest BCUT2D eigenvalue weighted by atomic mass is 32.1. The van der Waals surface area contributed by atoms with Gasteiger partial charge in [0.1, 0.15) is 5.82 Å². The van der Waals surface area contributed by atoms with E-state index in [0.717, 1.165) is 23.5 Å². The van der Waals surface area contributed by atoms with Crippen LogP contribution in [0.15, 0.2) is 53.4 Å². The third-order valence-electron chi connectivity index (χ3n) is 3.95. The maximum Gasteiger partial charge on any atom is 0.123 e. The van der Waals surface area contributed by atoms with Gasteiger partial charge in [0.15, 0.2) is 0 Å². The number of nitrogens with two attached hydrogens (primary N) is 1. The molecule has 1 saturated heterocycles. The minimum absolute atomic E-state index is 0. The number of thiol groups is 1. The maximum atomic E-state index is 12.7. The lowest BCUT2D eigenvalue weighted by atomic mass is 10.0. The molecular formula is C25H46FN3OS. The molecule has 0 aromatic heterocycles. The second kappa shape index (κ2) is 22.9. The van der Waals surface area contributed by atoms with E-state index in [-0.39, 0.29) is 12.7 Å². The Labute approximate surface area is 196 Å². The fraction of sp³-hybridized carbons (Fsp3) is 0.480. The first-order valence-electron chi connectivity index (χ1n) is 11.2. The van der Waals surface area contributed by atoms with Crippen molar-refractivity contribution in [2.75, 3.05) is 13.1 Å². The lowest BCUT2D eigenvalue weighted by molar-refractivity contribution is 0.296. The number of hydrazine groups is 1. The molecule has 1 aliphatic rings. The van der Waals surface area contributed by atoms with E-state index < -0.39 is 0 Å². The lowest BCUT2D eigenvalue weighted by Crippen LogP contribution is -2.31. The zero-order valence-corrected chi connectivity index (χ0v) is 21.1. The predicted molar refractivity (Wildman–Crippen MR) is 140 cm³/mol. The molecule has 2 aromatic carbocycles. The van der Waals surface area contributed by atoms with Gasteiger partial charge in [-0.15, -0.1) is 12.6 Å². The molecule has 1 fully saturated rings. The summed E-state index contributed by atoms with van der Waals surface area (Å²) in [5.41, 5.74) is 1.78. The summed E-state index contributed by atoms with van der Waals surface area (Å²) in [6, 6.07) is 13.3. The summed E-state index contributed by atoms with van der Waals surface area (Å²) in [6.45, 7) is 14.2. The molecule has 0 saturated carbocycles. The minimum atomic E-state index is -0.296. The summed E-state index contributed by atoms with van der Waals surface area (Å²) in [6.07, 6.45) is 5.31. The Balaban J connectivity index is -0.000000209. The van der Waals surface area contributed by atoms with Crippen molar-refractivity contribution in [3.63, 3.8) is 0 Å².